The molecule has 0 aliphatic carbocycles. The van der Waals surface area contributed by atoms with Crippen molar-refractivity contribution >= 4 is 18.4 Å². The van der Waals surface area contributed by atoms with Gasteiger partial charge in [0.1, 0.15) is 6.04 Å². The zero-order valence-electron chi connectivity index (χ0n) is 6.00. The molecule has 0 spiro atoms. The maximum atomic E-state index is 10.1. The maximum Gasteiger partial charge on any atom is 0.324 e. The Morgan fingerprint density at radius 1 is 1.70 bits per heavy atom. The minimum absolute atomic E-state index is 0. The van der Waals surface area contributed by atoms with E-state index in [1.54, 1.807) is 19.9 Å². The van der Waals surface area contributed by atoms with Crippen molar-refractivity contribution in [3.63, 3.8) is 0 Å². The standard InChI is InChI=1S/C6H11NO2.ClH/c1-3-4(2)5(7)6(8)9;/h3,5H,7H2,1-2H3,(H,8,9);1H/b4-3+;. The Labute approximate surface area is 66.3 Å². The van der Waals surface area contributed by atoms with Gasteiger partial charge in [0.05, 0.1) is 0 Å². The highest BCUT2D eigenvalue weighted by atomic mass is 35.5. The van der Waals surface area contributed by atoms with Crippen LogP contribution in [0, 0.1) is 0 Å². The average Bonchev–Trinajstić information content (AvgIpc) is 1.84. The zero-order valence-corrected chi connectivity index (χ0v) is 6.81. The van der Waals surface area contributed by atoms with Crippen molar-refractivity contribution < 1.29 is 9.90 Å². The number of rotatable bonds is 2. The van der Waals surface area contributed by atoms with E-state index in [1.807, 2.05) is 0 Å². The lowest BCUT2D eigenvalue weighted by Gasteiger charge is -2.03. The number of allylic oxidation sites excluding steroid dienone is 1. The van der Waals surface area contributed by atoms with Crippen LogP contribution in [-0.2, 0) is 4.79 Å². The topological polar surface area (TPSA) is 63.3 Å². The molecule has 0 radical (unpaired) electrons. The summed E-state index contributed by atoms with van der Waals surface area (Å²) in [5.41, 5.74) is 5.89. The van der Waals surface area contributed by atoms with Gasteiger partial charge in [0.2, 0.25) is 0 Å². The van der Waals surface area contributed by atoms with E-state index >= 15 is 0 Å². The van der Waals surface area contributed by atoms with E-state index < -0.39 is 12.0 Å². The van der Waals surface area contributed by atoms with E-state index in [-0.39, 0.29) is 12.4 Å². The van der Waals surface area contributed by atoms with Crippen LogP contribution in [0.25, 0.3) is 0 Å². The van der Waals surface area contributed by atoms with Crippen molar-refractivity contribution in [2.75, 3.05) is 0 Å². The van der Waals surface area contributed by atoms with Gasteiger partial charge in [-0.05, 0) is 19.4 Å². The van der Waals surface area contributed by atoms with E-state index in [9.17, 15) is 4.79 Å². The van der Waals surface area contributed by atoms with Gasteiger partial charge in [-0.2, -0.15) is 0 Å². The molecule has 0 heterocycles. The fraction of sp³-hybridized carbons (Fsp3) is 0.500. The van der Waals surface area contributed by atoms with Crippen LogP contribution in [0.15, 0.2) is 11.6 Å². The average molecular weight is 166 g/mol. The molecule has 3 nitrogen and oxygen atoms in total. The third-order valence-corrected chi connectivity index (χ3v) is 1.21. The molecule has 0 saturated heterocycles. The first kappa shape index (κ1) is 12.2. The predicted molar refractivity (Wildman–Crippen MR) is 42.3 cm³/mol. The lowest BCUT2D eigenvalue weighted by Crippen LogP contribution is -2.30. The molecule has 60 valence electrons. The van der Waals surface area contributed by atoms with Gasteiger partial charge < -0.3 is 10.8 Å². The minimum atomic E-state index is -0.981. The quantitative estimate of drug-likeness (QED) is 0.595. The molecule has 0 bridgehead atoms. The molecule has 0 amide bonds. The molecular formula is C6H12ClNO2. The van der Waals surface area contributed by atoms with Crippen LogP contribution in [0.2, 0.25) is 0 Å². The van der Waals surface area contributed by atoms with Gasteiger partial charge in [-0.1, -0.05) is 6.08 Å². The second-order valence-corrected chi connectivity index (χ2v) is 1.85. The second kappa shape index (κ2) is 5.26. The molecule has 0 aromatic rings. The Bertz CT molecular complexity index is 145. The molecule has 4 heteroatoms. The molecule has 0 aromatic carbocycles. The molecule has 0 saturated carbocycles. The van der Waals surface area contributed by atoms with Crippen molar-refractivity contribution in [2.24, 2.45) is 5.73 Å². The fourth-order valence-corrected chi connectivity index (χ4v) is 0.374. The van der Waals surface area contributed by atoms with Gasteiger partial charge in [0.15, 0.2) is 0 Å². The van der Waals surface area contributed by atoms with E-state index in [2.05, 4.69) is 0 Å². The Kier molecular flexibility index (Phi) is 6.40. The highest BCUT2D eigenvalue weighted by molar-refractivity contribution is 5.85. The van der Waals surface area contributed by atoms with Crippen molar-refractivity contribution in [3.8, 4) is 0 Å². The molecule has 10 heavy (non-hydrogen) atoms. The van der Waals surface area contributed by atoms with E-state index in [1.165, 1.54) is 0 Å². The summed E-state index contributed by atoms with van der Waals surface area (Å²) in [6, 6.07) is -0.838. The first-order valence-electron chi connectivity index (χ1n) is 2.70. The fourth-order valence-electron chi connectivity index (χ4n) is 0.374. The summed E-state index contributed by atoms with van der Waals surface area (Å²) >= 11 is 0. The lowest BCUT2D eigenvalue weighted by atomic mass is 10.1. The number of nitrogens with two attached hydrogens (primary N) is 1. The Balaban J connectivity index is 0. The Morgan fingerprint density at radius 3 is 2.20 bits per heavy atom. The Hall–Kier alpha value is -0.540. The van der Waals surface area contributed by atoms with Crippen molar-refractivity contribution in [2.45, 2.75) is 19.9 Å². The van der Waals surface area contributed by atoms with Gasteiger partial charge in [-0.15, -0.1) is 12.4 Å². The summed E-state index contributed by atoms with van der Waals surface area (Å²) in [7, 11) is 0. The van der Waals surface area contributed by atoms with Crippen LogP contribution in [0.3, 0.4) is 0 Å². The largest absolute Gasteiger partial charge is 0.480 e. The molecule has 0 aliphatic rings. The number of carboxylic acid groups (broad SMARTS) is 1. The second-order valence-electron chi connectivity index (χ2n) is 1.85. The highest BCUT2D eigenvalue weighted by Crippen LogP contribution is 1.96. The van der Waals surface area contributed by atoms with Crippen molar-refractivity contribution in [1.82, 2.24) is 0 Å². The molecule has 3 N–H and O–H groups in total. The predicted octanol–water partition coefficient (Wildman–Crippen LogP) is 0.786. The van der Waals surface area contributed by atoms with Crippen molar-refractivity contribution in [1.29, 1.82) is 0 Å². The smallest absolute Gasteiger partial charge is 0.324 e. The summed E-state index contributed by atoms with van der Waals surface area (Å²) in [4.78, 5) is 10.1. The van der Waals surface area contributed by atoms with Gasteiger partial charge >= 0.3 is 5.97 Å². The van der Waals surface area contributed by atoms with E-state index in [4.69, 9.17) is 10.8 Å². The van der Waals surface area contributed by atoms with Crippen LogP contribution in [0.5, 0.6) is 0 Å². The number of hydrogen-bond acceptors (Lipinski definition) is 2. The van der Waals surface area contributed by atoms with Crippen LogP contribution in [0.4, 0.5) is 0 Å². The molecule has 0 rings (SSSR count). The molecular weight excluding hydrogens is 154 g/mol. The number of carboxylic acids is 1. The number of aliphatic carboxylic acids is 1. The third-order valence-electron chi connectivity index (χ3n) is 1.21. The number of hydrogen-bond donors (Lipinski definition) is 2. The molecule has 0 fully saturated rings. The van der Waals surface area contributed by atoms with Gasteiger partial charge in [0, 0.05) is 0 Å². The summed E-state index contributed by atoms with van der Waals surface area (Å²) < 4.78 is 0. The SMILES string of the molecule is C/C=C(\C)C(N)C(=O)O.Cl. The minimum Gasteiger partial charge on any atom is -0.480 e. The highest BCUT2D eigenvalue weighted by Gasteiger charge is 2.11. The molecule has 1 unspecified atom stereocenters. The molecule has 0 aliphatic heterocycles. The summed E-state index contributed by atoms with van der Waals surface area (Å²) in [5.74, 6) is -0.981. The number of halogens is 1. The van der Waals surface area contributed by atoms with E-state index in [0.717, 1.165) is 0 Å². The van der Waals surface area contributed by atoms with E-state index in [0.29, 0.717) is 5.57 Å². The van der Waals surface area contributed by atoms with Crippen LogP contribution < -0.4 is 5.73 Å². The summed E-state index contributed by atoms with van der Waals surface area (Å²) in [6.07, 6.45) is 1.69. The maximum absolute atomic E-state index is 10.1. The Morgan fingerprint density at radius 2 is 2.10 bits per heavy atom. The van der Waals surface area contributed by atoms with Crippen LogP contribution in [-0.4, -0.2) is 17.1 Å². The molecule has 1 atom stereocenters. The third kappa shape index (κ3) is 3.48. The number of carbonyl (C=O) groups is 1. The van der Waals surface area contributed by atoms with Crippen LogP contribution in [0.1, 0.15) is 13.8 Å². The van der Waals surface area contributed by atoms with Gasteiger partial charge in [-0.25, -0.2) is 0 Å². The van der Waals surface area contributed by atoms with Gasteiger partial charge in [-0.3, -0.25) is 4.79 Å². The van der Waals surface area contributed by atoms with Gasteiger partial charge in [0.25, 0.3) is 0 Å². The zero-order chi connectivity index (χ0) is 7.44. The summed E-state index contributed by atoms with van der Waals surface area (Å²) in [5, 5.41) is 8.32. The summed E-state index contributed by atoms with van der Waals surface area (Å²) in [6.45, 7) is 3.46. The van der Waals surface area contributed by atoms with Crippen molar-refractivity contribution in [3.05, 3.63) is 11.6 Å². The van der Waals surface area contributed by atoms with Crippen LogP contribution >= 0.6 is 12.4 Å². The monoisotopic (exact) mass is 165 g/mol. The first-order valence-corrected chi connectivity index (χ1v) is 2.70. The lowest BCUT2D eigenvalue weighted by molar-refractivity contribution is -0.137. The normalized spacial score (nSPS) is 13.7. The first-order chi connectivity index (χ1) is 4.09. The molecule has 0 aromatic heterocycles.